The van der Waals surface area contributed by atoms with Crippen molar-refractivity contribution in [1.82, 2.24) is 0 Å². The maximum absolute atomic E-state index is 13.1. The van der Waals surface area contributed by atoms with Gasteiger partial charge in [0, 0.05) is 5.56 Å². The Bertz CT molecular complexity index is 679. The minimum absolute atomic E-state index is 0.150. The zero-order chi connectivity index (χ0) is 15.6. The van der Waals surface area contributed by atoms with Crippen LogP contribution in [0.1, 0.15) is 28.4 Å². The third kappa shape index (κ3) is 2.33. The second kappa shape index (κ2) is 5.76. The summed E-state index contributed by atoms with van der Waals surface area (Å²) >= 11 is 0. The Kier molecular flexibility index (Phi) is 3.80. The molecule has 0 saturated heterocycles. The Balaban J connectivity index is 2.03. The van der Waals surface area contributed by atoms with Crippen LogP contribution in [0.25, 0.3) is 0 Å². The summed E-state index contributed by atoms with van der Waals surface area (Å²) in [6, 6.07) is 16.8. The lowest BCUT2D eigenvalue weighted by Gasteiger charge is -2.25. The standard InChI is InChI=1S/C19H18O3/c1-2-22-18(21)19(17(20)14-8-4-3-5-9-14)12-15-10-6-7-11-16(15)13-19/h3-11H,2,12-13H2,1H3. The van der Waals surface area contributed by atoms with E-state index in [2.05, 4.69) is 0 Å². The molecule has 2 aromatic carbocycles. The molecule has 0 bridgehead atoms. The molecule has 3 rings (SSSR count). The van der Waals surface area contributed by atoms with Crippen molar-refractivity contribution >= 4 is 11.8 Å². The number of benzene rings is 2. The Morgan fingerprint density at radius 2 is 1.50 bits per heavy atom. The van der Waals surface area contributed by atoms with Crippen LogP contribution < -0.4 is 0 Å². The highest BCUT2D eigenvalue weighted by molar-refractivity contribution is 6.13. The van der Waals surface area contributed by atoms with Crippen molar-refractivity contribution in [2.45, 2.75) is 19.8 Å². The summed E-state index contributed by atoms with van der Waals surface area (Å²) in [7, 11) is 0. The molecule has 0 fully saturated rings. The summed E-state index contributed by atoms with van der Waals surface area (Å²) in [6.45, 7) is 2.04. The van der Waals surface area contributed by atoms with E-state index < -0.39 is 11.4 Å². The number of ketones is 1. The first-order chi connectivity index (χ1) is 10.7. The fraction of sp³-hybridized carbons (Fsp3) is 0.263. The average Bonchev–Trinajstić information content (AvgIpc) is 2.96. The van der Waals surface area contributed by atoms with E-state index in [1.165, 1.54) is 0 Å². The van der Waals surface area contributed by atoms with Crippen LogP contribution in [0.2, 0.25) is 0 Å². The van der Waals surface area contributed by atoms with Crippen LogP contribution in [0.15, 0.2) is 54.6 Å². The van der Waals surface area contributed by atoms with Gasteiger partial charge in [-0.2, -0.15) is 0 Å². The van der Waals surface area contributed by atoms with Crippen molar-refractivity contribution in [3.63, 3.8) is 0 Å². The van der Waals surface area contributed by atoms with Gasteiger partial charge >= 0.3 is 5.97 Å². The van der Waals surface area contributed by atoms with Crippen molar-refractivity contribution in [2.75, 3.05) is 6.61 Å². The molecule has 3 nitrogen and oxygen atoms in total. The molecule has 0 N–H and O–H groups in total. The zero-order valence-corrected chi connectivity index (χ0v) is 12.5. The van der Waals surface area contributed by atoms with Gasteiger partial charge in [0.25, 0.3) is 0 Å². The second-order valence-corrected chi connectivity index (χ2v) is 5.62. The smallest absolute Gasteiger partial charge is 0.320 e. The third-order valence-electron chi connectivity index (χ3n) is 4.24. The minimum Gasteiger partial charge on any atom is -0.465 e. The normalized spacial score (nSPS) is 15.1. The van der Waals surface area contributed by atoms with Crippen LogP contribution in [-0.2, 0) is 22.4 Å². The number of ether oxygens (including phenoxy) is 1. The molecule has 0 aromatic heterocycles. The molecule has 3 heteroatoms. The Morgan fingerprint density at radius 3 is 2.05 bits per heavy atom. The number of carbonyl (C=O) groups is 2. The summed E-state index contributed by atoms with van der Waals surface area (Å²) < 4.78 is 5.24. The van der Waals surface area contributed by atoms with Crippen LogP contribution in [0.3, 0.4) is 0 Å². The molecule has 22 heavy (non-hydrogen) atoms. The van der Waals surface area contributed by atoms with Crippen molar-refractivity contribution in [3.8, 4) is 0 Å². The lowest BCUT2D eigenvalue weighted by atomic mass is 9.77. The SMILES string of the molecule is CCOC(=O)C1(C(=O)c2ccccc2)Cc2ccccc2C1. The lowest BCUT2D eigenvalue weighted by Crippen LogP contribution is -2.41. The molecule has 1 aliphatic rings. The average molecular weight is 294 g/mol. The van der Waals surface area contributed by atoms with Crippen molar-refractivity contribution in [2.24, 2.45) is 5.41 Å². The van der Waals surface area contributed by atoms with E-state index in [1.807, 2.05) is 42.5 Å². The van der Waals surface area contributed by atoms with Gasteiger partial charge in [0.2, 0.25) is 0 Å². The van der Waals surface area contributed by atoms with Crippen LogP contribution >= 0.6 is 0 Å². The van der Waals surface area contributed by atoms with E-state index in [4.69, 9.17) is 4.74 Å². The van der Waals surface area contributed by atoms with Crippen LogP contribution in [0.4, 0.5) is 0 Å². The number of rotatable bonds is 4. The van der Waals surface area contributed by atoms with Gasteiger partial charge in [0.1, 0.15) is 5.41 Å². The predicted molar refractivity (Wildman–Crippen MR) is 83.7 cm³/mol. The third-order valence-corrected chi connectivity index (χ3v) is 4.24. The highest BCUT2D eigenvalue weighted by atomic mass is 16.5. The van der Waals surface area contributed by atoms with Gasteiger partial charge in [-0.25, -0.2) is 0 Å². The summed E-state index contributed by atoms with van der Waals surface area (Å²) in [5.74, 6) is -0.567. The number of hydrogen-bond acceptors (Lipinski definition) is 3. The van der Waals surface area contributed by atoms with E-state index in [1.54, 1.807) is 19.1 Å². The van der Waals surface area contributed by atoms with E-state index in [0.29, 0.717) is 18.4 Å². The number of fused-ring (bicyclic) bond motifs is 1. The summed E-state index contributed by atoms with van der Waals surface area (Å²) in [6.07, 6.45) is 0.825. The molecule has 0 aliphatic heterocycles. The van der Waals surface area contributed by atoms with Gasteiger partial charge < -0.3 is 4.74 Å². The molecule has 0 unspecified atom stereocenters. The van der Waals surface area contributed by atoms with E-state index in [9.17, 15) is 9.59 Å². The van der Waals surface area contributed by atoms with Crippen molar-refractivity contribution in [1.29, 1.82) is 0 Å². The maximum Gasteiger partial charge on any atom is 0.320 e. The molecular weight excluding hydrogens is 276 g/mol. The van der Waals surface area contributed by atoms with Gasteiger partial charge in [0.05, 0.1) is 6.61 Å². The van der Waals surface area contributed by atoms with Crippen molar-refractivity contribution < 1.29 is 14.3 Å². The van der Waals surface area contributed by atoms with Gasteiger partial charge in [0.15, 0.2) is 5.78 Å². The maximum atomic E-state index is 13.1. The number of hydrogen-bond donors (Lipinski definition) is 0. The van der Waals surface area contributed by atoms with Crippen LogP contribution in [-0.4, -0.2) is 18.4 Å². The summed E-state index contributed by atoms with van der Waals surface area (Å²) in [4.78, 5) is 25.7. The first kappa shape index (κ1) is 14.5. The predicted octanol–water partition coefficient (Wildman–Crippen LogP) is 3.22. The van der Waals surface area contributed by atoms with E-state index >= 15 is 0 Å². The first-order valence-corrected chi connectivity index (χ1v) is 7.51. The van der Waals surface area contributed by atoms with Crippen LogP contribution in [0.5, 0.6) is 0 Å². The summed E-state index contributed by atoms with van der Waals surface area (Å²) in [5.41, 5.74) is 1.55. The quantitative estimate of drug-likeness (QED) is 0.494. The van der Waals surface area contributed by atoms with Gasteiger partial charge in [-0.1, -0.05) is 54.6 Å². The first-order valence-electron chi connectivity index (χ1n) is 7.51. The monoisotopic (exact) mass is 294 g/mol. The van der Waals surface area contributed by atoms with Gasteiger partial charge in [-0.15, -0.1) is 0 Å². The van der Waals surface area contributed by atoms with Gasteiger partial charge in [-0.3, -0.25) is 9.59 Å². The highest BCUT2D eigenvalue weighted by Gasteiger charge is 2.51. The molecular formula is C19H18O3. The molecule has 112 valence electrons. The van der Waals surface area contributed by atoms with Crippen LogP contribution in [0, 0.1) is 5.41 Å². The Hall–Kier alpha value is -2.42. The second-order valence-electron chi connectivity index (χ2n) is 5.62. The lowest BCUT2D eigenvalue weighted by molar-refractivity contribution is -0.151. The van der Waals surface area contributed by atoms with Crippen molar-refractivity contribution in [3.05, 3.63) is 71.3 Å². The largest absolute Gasteiger partial charge is 0.465 e. The van der Waals surface area contributed by atoms with Gasteiger partial charge in [-0.05, 0) is 30.9 Å². The molecule has 0 atom stereocenters. The molecule has 0 spiro atoms. The topological polar surface area (TPSA) is 43.4 Å². The Labute approximate surface area is 129 Å². The molecule has 0 amide bonds. The fourth-order valence-corrected chi connectivity index (χ4v) is 3.15. The molecule has 1 aliphatic carbocycles. The highest BCUT2D eigenvalue weighted by Crippen LogP contribution is 2.40. The molecule has 0 saturated carbocycles. The molecule has 0 heterocycles. The fourth-order valence-electron chi connectivity index (χ4n) is 3.15. The van der Waals surface area contributed by atoms with E-state index in [-0.39, 0.29) is 12.4 Å². The number of esters is 1. The number of carbonyl (C=O) groups excluding carboxylic acids is 2. The zero-order valence-electron chi connectivity index (χ0n) is 12.5. The number of Topliss-reactive ketones (excluding diaryl/α,β-unsaturated/α-hetero) is 1. The Morgan fingerprint density at radius 1 is 0.955 bits per heavy atom. The minimum atomic E-state index is -1.12. The van der Waals surface area contributed by atoms with E-state index in [0.717, 1.165) is 11.1 Å². The molecule has 2 aromatic rings. The summed E-state index contributed by atoms with van der Waals surface area (Å²) in [5, 5.41) is 0. The molecule has 0 radical (unpaired) electrons.